The predicted molar refractivity (Wildman–Crippen MR) is 54.4 cm³/mol. The molecule has 3 unspecified atom stereocenters. The molecule has 2 fully saturated rings. The van der Waals surface area contributed by atoms with E-state index in [4.69, 9.17) is 0 Å². The molecule has 3 atom stereocenters. The molecule has 76 valence electrons. The van der Waals surface area contributed by atoms with Crippen LogP contribution in [0.4, 0.5) is 0 Å². The minimum atomic E-state index is -2.76. The van der Waals surface area contributed by atoms with Gasteiger partial charge in [-0.25, -0.2) is 8.42 Å². The quantitative estimate of drug-likeness (QED) is 0.638. The fourth-order valence-corrected chi connectivity index (χ4v) is 5.76. The molecule has 0 aliphatic carbocycles. The minimum absolute atomic E-state index is 0.169. The van der Waals surface area contributed by atoms with Crippen LogP contribution >= 0.6 is 11.8 Å². The Morgan fingerprint density at radius 2 is 2.08 bits per heavy atom. The van der Waals surface area contributed by atoms with Gasteiger partial charge in [-0.05, 0) is 14.1 Å². The van der Waals surface area contributed by atoms with Crippen molar-refractivity contribution in [3.63, 3.8) is 0 Å². The molecule has 0 aromatic heterocycles. The second-order valence-electron chi connectivity index (χ2n) is 3.84. The molecule has 1 N–H and O–H groups in total. The number of nitrogens with zero attached hydrogens (tertiary/aromatic N) is 1. The number of rotatable bonds is 1. The first-order valence-corrected chi connectivity index (χ1v) is 7.03. The van der Waals surface area contributed by atoms with Crippen LogP contribution in [0.15, 0.2) is 0 Å². The van der Waals surface area contributed by atoms with Gasteiger partial charge in [-0.2, -0.15) is 0 Å². The van der Waals surface area contributed by atoms with Crippen molar-refractivity contribution in [3.8, 4) is 0 Å². The number of sulfone groups is 1. The van der Waals surface area contributed by atoms with Gasteiger partial charge in [0, 0.05) is 11.3 Å². The summed E-state index contributed by atoms with van der Waals surface area (Å²) in [7, 11) is 1.24. The van der Waals surface area contributed by atoms with Gasteiger partial charge in [0.2, 0.25) is 0 Å². The van der Waals surface area contributed by atoms with Crippen molar-refractivity contribution in [1.82, 2.24) is 10.2 Å². The first-order valence-electron chi connectivity index (χ1n) is 4.26. The van der Waals surface area contributed by atoms with Gasteiger partial charge in [-0.1, -0.05) is 0 Å². The van der Waals surface area contributed by atoms with Crippen LogP contribution in [-0.4, -0.2) is 55.7 Å². The van der Waals surface area contributed by atoms with Crippen molar-refractivity contribution >= 4 is 21.6 Å². The molecule has 0 spiro atoms. The summed E-state index contributed by atoms with van der Waals surface area (Å²) in [5, 5.41) is 3.58. The van der Waals surface area contributed by atoms with Gasteiger partial charge in [0.25, 0.3) is 0 Å². The third-order valence-corrected chi connectivity index (χ3v) is 6.04. The molecule has 13 heavy (non-hydrogen) atoms. The highest BCUT2D eigenvalue weighted by molar-refractivity contribution is 8.02. The molecule has 0 amide bonds. The zero-order chi connectivity index (χ0) is 9.64. The van der Waals surface area contributed by atoms with Crippen LogP contribution in [0.2, 0.25) is 0 Å². The Labute approximate surface area is 83.0 Å². The molecular weight excluding hydrogens is 208 g/mol. The average Bonchev–Trinajstić information content (AvgIpc) is 2.39. The molecule has 2 heterocycles. The van der Waals surface area contributed by atoms with E-state index in [9.17, 15) is 8.42 Å². The normalized spacial score (nSPS) is 42.5. The van der Waals surface area contributed by atoms with Crippen molar-refractivity contribution in [2.75, 3.05) is 25.6 Å². The van der Waals surface area contributed by atoms with Crippen LogP contribution in [0.1, 0.15) is 0 Å². The fraction of sp³-hybridized carbons (Fsp3) is 1.00. The monoisotopic (exact) mass is 222 g/mol. The van der Waals surface area contributed by atoms with Crippen molar-refractivity contribution in [3.05, 3.63) is 0 Å². The van der Waals surface area contributed by atoms with E-state index in [1.165, 1.54) is 0 Å². The summed E-state index contributed by atoms with van der Waals surface area (Å²) in [6.45, 7) is 0. The van der Waals surface area contributed by atoms with Gasteiger partial charge in [-0.3, -0.25) is 10.2 Å². The third kappa shape index (κ3) is 1.86. The Kier molecular flexibility index (Phi) is 2.34. The van der Waals surface area contributed by atoms with Crippen molar-refractivity contribution in [1.29, 1.82) is 0 Å². The molecule has 2 aliphatic heterocycles. The van der Waals surface area contributed by atoms with Crippen molar-refractivity contribution in [2.45, 2.75) is 16.8 Å². The van der Waals surface area contributed by atoms with Crippen LogP contribution in [0, 0.1) is 0 Å². The van der Waals surface area contributed by atoms with Gasteiger partial charge < -0.3 is 0 Å². The lowest BCUT2D eigenvalue weighted by molar-refractivity contribution is 0.331. The Balaban J connectivity index is 2.05. The Bertz CT molecular complexity index is 282. The maximum absolute atomic E-state index is 11.3. The minimum Gasteiger partial charge on any atom is -0.288 e. The van der Waals surface area contributed by atoms with E-state index in [1.807, 2.05) is 14.1 Å². The van der Waals surface area contributed by atoms with Crippen molar-refractivity contribution < 1.29 is 8.42 Å². The summed E-state index contributed by atoms with van der Waals surface area (Å²) in [5.41, 5.74) is 0.283. The molecule has 2 saturated heterocycles. The molecule has 0 radical (unpaired) electrons. The standard InChI is InChI=1S/C7H14N2O2S2/c1-9(2)7-8-5-3-13(10,11)4-6(5)12-7/h5-8H,3-4H2,1-2H3. The molecule has 0 aromatic rings. The summed E-state index contributed by atoms with van der Waals surface area (Å²) in [5.74, 6) is 0.661. The summed E-state index contributed by atoms with van der Waals surface area (Å²) in [6.07, 6.45) is 0. The number of fused-ring (bicyclic) bond motifs is 1. The maximum atomic E-state index is 11.3. The van der Waals surface area contributed by atoms with Crippen LogP contribution in [-0.2, 0) is 9.84 Å². The predicted octanol–water partition coefficient (Wildman–Crippen LogP) is -0.666. The van der Waals surface area contributed by atoms with Gasteiger partial charge in [0.05, 0.1) is 11.5 Å². The molecule has 6 heteroatoms. The number of nitrogens with one attached hydrogen (secondary N) is 1. The molecule has 2 rings (SSSR count). The first kappa shape index (κ1) is 9.76. The summed E-state index contributed by atoms with van der Waals surface area (Å²) in [4.78, 5) is 2.08. The molecule has 4 nitrogen and oxygen atoms in total. The Hall–Kier alpha value is 0.220. The summed E-state index contributed by atoms with van der Waals surface area (Å²) >= 11 is 1.73. The highest BCUT2D eigenvalue weighted by atomic mass is 32.2. The lowest BCUT2D eigenvalue weighted by Crippen LogP contribution is -2.40. The van der Waals surface area contributed by atoms with Gasteiger partial charge in [0.1, 0.15) is 5.50 Å². The summed E-state index contributed by atoms with van der Waals surface area (Å²) in [6, 6.07) is 0.169. The zero-order valence-electron chi connectivity index (χ0n) is 7.73. The third-order valence-electron chi connectivity index (χ3n) is 2.43. The van der Waals surface area contributed by atoms with E-state index in [0.717, 1.165) is 0 Å². The van der Waals surface area contributed by atoms with Crippen LogP contribution < -0.4 is 5.32 Å². The number of hydrogen-bond acceptors (Lipinski definition) is 5. The van der Waals surface area contributed by atoms with Gasteiger partial charge >= 0.3 is 0 Å². The van der Waals surface area contributed by atoms with E-state index in [0.29, 0.717) is 11.5 Å². The lowest BCUT2D eigenvalue weighted by atomic mass is 10.3. The molecule has 0 bridgehead atoms. The fourth-order valence-electron chi connectivity index (χ4n) is 1.76. The van der Waals surface area contributed by atoms with E-state index in [2.05, 4.69) is 10.2 Å². The smallest absolute Gasteiger partial charge is 0.153 e. The Morgan fingerprint density at radius 1 is 1.38 bits per heavy atom. The highest BCUT2D eigenvalue weighted by Crippen LogP contribution is 2.34. The van der Waals surface area contributed by atoms with Crippen LogP contribution in [0.5, 0.6) is 0 Å². The molecule has 2 aliphatic rings. The van der Waals surface area contributed by atoms with Crippen LogP contribution in [0.25, 0.3) is 0 Å². The largest absolute Gasteiger partial charge is 0.288 e. The first-order chi connectivity index (χ1) is 5.98. The van der Waals surface area contributed by atoms with Crippen molar-refractivity contribution in [2.24, 2.45) is 0 Å². The topological polar surface area (TPSA) is 49.4 Å². The summed E-state index contributed by atoms with van der Waals surface area (Å²) < 4.78 is 22.5. The molecule has 0 saturated carbocycles. The SMILES string of the molecule is CN(C)C1NC2CS(=O)(=O)CC2S1. The number of hydrogen-bond donors (Lipinski definition) is 1. The second-order valence-corrected chi connectivity index (χ2v) is 7.32. The number of thioether (sulfide) groups is 1. The van der Waals surface area contributed by atoms with E-state index < -0.39 is 9.84 Å². The second kappa shape index (κ2) is 3.12. The highest BCUT2D eigenvalue weighted by Gasteiger charge is 2.45. The van der Waals surface area contributed by atoms with Crippen LogP contribution in [0.3, 0.4) is 0 Å². The maximum Gasteiger partial charge on any atom is 0.153 e. The van der Waals surface area contributed by atoms with Gasteiger partial charge in [-0.15, -0.1) is 11.8 Å². The Morgan fingerprint density at radius 3 is 2.62 bits per heavy atom. The van der Waals surface area contributed by atoms with E-state index >= 15 is 0 Å². The van der Waals surface area contributed by atoms with E-state index in [1.54, 1.807) is 11.8 Å². The average molecular weight is 222 g/mol. The van der Waals surface area contributed by atoms with E-state index in [-0.39, 0.29) is 16.8 Å². The van der Waals surface area contributed by atoms with Gasteiger partial charge in [0.15, 0.2) is 9.84 Å². The lowest BCUT2D eigenvalue weighted by Gasteiger charge is -2.19. The molecular formula is C7H14N2O2S2. The zero-order valence-corrected chi connectivity index (χ0v) is 9.36. The molecule has 0 aromatic carbocycles.